The van der Waals surface area contributed by atoms with Crippen molar-refractivity contribution in [2.24, 2.45) is 0 Å². The van der Waals surface area contributed by atoms with Gasteiger partial charge in [0.25, 0.3) is 0 Å². The summed E-state index contributed by atoms with van der Waals surface area (Å²) in [4.78, 5) is 34.6. The van der Waals surface area contributed by atoms with Crippen LogP contribution in [0.5, 0.6) is 0 Å². The highest BCUT2D eigenvalue weighted by molar-refractivity contribution is 5.20. The molecular weight excluding hydrogens is 262 g/mol. The van der Waals surface area contributed by atoms with Gasteiger partial charge in [0.05, 0.1) is 11.1 Å². The van der Waals surface area contributed by atoms with E-state index in [4.69, 9.17) is 0 Å². The molecule has 7 heteroatoms. The SMILES string of the molecule is O=c1[nH]c(=O)n(CCCc2ccccc2)cc1[N+](=O)[O-]. The van der Waals surface area contributed by atoms with E-state index >= 15 is 0 Å². The lowest BCUT2D eigenvalue weighted by Crippen LogP contribution is -2.30. The van der Waals surface area contributed by atoms with Crippen molar-refractivity contribution in [3.05, 3.63) is 73.0 Å². The summed E-state index contributed by atoms with van der Waals surface area (Å²) in [7, 11) is 0. The molecule has 0 aliphatic carbocycles. The van der Waals surface area contributed by atoms with Crippen LogP contribution in [0.1, 0.15) is 12.0 Å². The molecule has 20 heavy (non-hydrogen) atoms. The molecule has 2 rings (SSSR count). The molecule has 1 N–H and O–H groups in total. The standard InChI is InChI=1S/C13H13N3O4/c17-12-11(16(19)20)9-15(13(18)14-12)8-4-7-10-5-2-1-3-6-10/h1-3,5-6,9H,4,7-8H2,(H,14,17,18). The second-order valence-corrected chi connectivity index (χ2v) is 4.31. The lowest BCUT2D eigenvalue weighted by atomic mass is 10.1. The van der Waals surface area contributed by atoms with Crippen molar-refractivity contribution >= 4 is 5.69 Å². The van der Waals surface area contributed by atoms with Crippen molar-refractivity contribution in [1.82, 2.24) is 9.55 Å². The lowest BCUT2D eigenvalue weighted by Gasteiger charge is -2.04. The molecule has 104 valence electrons. The highest BCUT2D eigenvalue weighted by Gasteiger charge is 2.14. The Hall–Kier alpha value is -2.70. The fourth-order valence-electron chi connectivity index (χ4n) is 1.89. The zero-order valence-electron chi connectivity index (χ0n) is 10.6. The van der Waals surface area contributed by atoms with Crippen molar-refractivity contribution in [2.45, 2.75) is 19.4 Å². The first kappa shape index (κ1) is 13.7. The summed E-state index contributed by atoms with van der Waals surface area (Å²) >= 11 is 0. The number of nitrogens with one attached hydrogen (secondary N) is 1. The number of aromatic nitrogens is 2. The molecule has 0 aliphatic heterocycles. The Morgan fingerprint density at radius 3 is 2.55 bits per heavy atom. The third-order valence-electron chi connectivity index (χ3n) is 2.90. The highest BCUT2D eigenvalue weighted by atomic mass is 16.6. The summed E-state index contributed by atoms with van der Waals surface area (Å²) < 4.78 is 1.16. The topological polar surface area (TPSA) is 98.0 Å². The van der Waals surface area contributed by atoms with E-state index in [9.17, 15) is 19.7 Å². The fourth-order valence-corrected chi connectivity index (χ4v) is 1.89. The average molecular weight is 275 g/mol. The summed E-state index contributed by atoms with van der Waals surface area (Å²) in [5.41, 5.74) is -1.10. The number of hydrogen-bond acceptors (Lipinski definition) is 4. The van der Waals surface area contributed by atoms with Crippen LogP contribution >= 0.6 is 0 Å². The van der Waals surface area contributed by atoms with Crippen molar-refractivity contribution in [3.63, 3.8) is 0 Å². The maximum Gasteiger partial charge on any atom is 0.350 e. The molecule has 1 aromatic heterocycles. The van der Waals surface area contributed by atoms with Crippen LogP contribution in [0.3, 0.4) is 0 Å². The van der Waals surface area contributed by atoms with Gasteiger partial charge < -0.3 is 0 Å². The van der Waals surface area contributed by atoms with Crippen LogP contribution in [0.4, 0.5) is 5.69 Å². The molecule has 1 aromatic carbocycles. The van der Waals surface area contributed by atoms with Crippen molar-refractivity contribution < 1.29 is 4.92 Å². The molecule has 7 nitrogen and oxygen atoms in total. The summed E-state index contributed by atoms with van der Waals surface area (Å²) in [5.74, 6) is 0. The van der Waals surface area contributed by atoms with Crippen molar-refractivity contribution in [3.8, 4) is 0 Å². The van der Waals surface area contributed by atoms with E-state index in [2.05, 4.69) is 0 Å². The van der Waals surface area contributed by atoms with E-state index in [1.54, 1.807) is 0 Å². The van der Waals surface area contributed by atoms with E-state index < -0.39 is 21.9 Å². The van der Waals surface area contributed by atoms with Gasteiger partial charge in [0.15, 0.2) is 0 Å². The molecular formula is C13H13N3O4. The zero-order valence-corrected chi connectivity index (χ0v) is 10.6. The van der Waals surface area contributed by atoms with Crippen LogP contribution < -0.4 is 11.2 Å². The maximum absolute atomic E-state index is 11.5. The predicted molar refractivity (Wildman–Crippen MR) is 72.7 cm³/mol. The Bertz CT molecular complexity index is 718. The molecule has 2 aromatic rings. The van der Waals surface area contributed by atoms with Crippen LogP contribution in [0.2, 0.25) is 0 Å². The maximum atomic E-state index is 11.5. The number of hydrogen-bond donors (Lipinski definition) is 1. The minimum Gasteiger partial charge on any atom is -0.294 e. The average Bonchev–Trinajstić information content (AvgIpc) is 2.42. The molecule has 0 unspecified atom stereocenters. The Balaban J connectivity index is 2.10. The van der Waals surface area contributed by atoms with Crippen molar-refractivity contribution in [2.75, 3.05) is 0 Å². The molecule has 0 fully saturated rings. The molecule has 0 saturated carbocycles. The van der Waals surface area contributed by atoms with E-state index in [1.807, 2.05) is 35.3 Å². The molecule has 0 amide bonds. The number of aryl methyl sites for hydroxylation is 2. The number of H-pyrrole nitrogens is 1. The molecule has 0 radical (unpaired) electrons. The van der Waals surface area contributed by atoms with Crippen LogP contribution in [-0.4, -0.2) is 14.5 Å². The second-order valence-electron chi connectivity index (χ2n) is 4.31. The summed E-state index contributed by atoms with van der Waals surface area (Å²) in [6.07, 6.45) is 2.39. The number of rotatable bonds is 5. The van der Waals surface area contributed by atoms with Gasteiger partial charge in [-0.25, -0.2) is 4.79 Å². The Labute approximate surface area is 113 Å². The lowest BCUT2D eigenvalue weighted by molar-refractivity contribution is -0.386. The number of aromatic amines is 1. The summed E-state index contributed by atoms with van der Waals surface area (Å²) in [5, 5.41) is 10.7. The van der Waals surface area contributed by atoms with Gasteiger partial charge in [0, 0.05) is 6.54 Å². The minimum absolute atomic E-state index is 0.311. The number of nitrogens with zero attached hydrogens (tertiary/aromatic N) is 2. The fraction of sp³-hybridized carbons (Fsp3) is 0.231. The molecule has 0 bridgehead atoms. The van der Waals surface area contributed by atoms with Gasteiger partial charge in [0.1, 0.15) is 0 Å². The molecule has 0 aliphatic rings. The zero-order chi connectivity index (χ0) is 14.5. The third kappa shape index (κ3) is 3.19. The smallest absolute Gasteiger partial charge is 0.294 e. The van der Waals surface area contributed by atoms with E-state index in [0.29, 0.717) is 13.0 Å². The number of nitro groups is 1. The largest absolute Gasteiger partial charge is 0.350 e. The first-order valence-corrected chi connectivity index (χ1v) is 6.10. The highest BCUT2D eigenvalue weighted by Crippen LogP contribution is 2.04. The molecule has 0 saturated heterocycles. The Kier molecular flexibility index (Phi) is 4.09. The van der Waals surface area contributed by atoms with Gasteiger partial charge in [-0.05, 0) is 18.4 Å². The van der Waals surface area contributed by atoms with E-state index in [0.717, 1.165) is 22.7 Å². The minimum atomic E-state index is -0.973. The van der Waals surface area contributed by atoms with Gasteiger partial charge in [-0.1, -0.05) is 30.3 Å². The van der Waals surface area contributed by atoms with Gasteiger partial charge in [-0.15, -0.1) is 0 Å². The monoisotopic (exact) mass is 275 g/mol. The Morgan fingerprint density at radius 1 is 1.20 bits per heavy atom. The summed E-state index contributed by atoms with van der Waals surface area (Å²) in [6.45, 7) is 0.311. The van der Waals surface area contributed by atoms with Gasteiger partial charge in [-0.2, -0.15) is 0 Å². The van der Waals surface area contributed by atoms with Crippen LogP contribution in [0.15, 0.2) is 46.1 Å². The second kappa shape index (κ2) is 5.96. The van der Waals surface area contributed by atoms with Gasteiger partial charge in [0.2, 0.25) is 0 Å². The quantitative estimate of drug-likeness (QED) is 0.652. The normalized spacial score (nSPS) is 10.4. The van der Waals surface area contributed by atoms with Gasteiger partial charge in [-0.3, -0.25) is 24.5 Å². The summed E-state index contributed by atoms with van der Waals surface area (Å²) in [6, 6.07) is 9.70. The van der Waals surface area contributed by atoms with E-state index in [-0.39, 0.29) is 0 Å². The van der Waals surface area contributed by atoms with E-state index in [1.165, 1.54) is 0 Å². The third-order valence-corrected chi connectivity index (χ3v) is 2.90. The van der Waals surface area contributed by atoms with Crippen LogP contribution in [0.25, 0.3) is 0 Å². The first-order valence-electron chi connectivity index (χ1n) is 6.10. The van der Waals surface area contributed by atoms with Crippen molar-refractivity contribution in [1.29, 1.82) is 0 Å². The molecule has 0 spiro atoms. The van der Waals surface area contributed by atoms with Crippen LogP contribution in [0, 0.1) is 10.1 Å². The van der Waals surface area contributed by atoms with Gasteiger partial charge >= 0.3 is 16.9 Å². The predicted octanol–water partition coefficient (Wildman–Crippen LogP) is 1.08. The van der Waals surface area contributed by atoms with Crippen LogP contribution in [-0.2, 0) is 13.0 Å². The Morgan fingerprint density at radius 2 is 1.90 bits per heavy atom. The molecule has 0 atom stereocenters. The first-order chi connectivity index (χ1) is 9.58. The number of benzene rings is 1. The molecule has 1 heterocycles.